The molecule has 1 unspecified atom stereocenters. The number of amides is 2. The smallest absolute Gasteiger partial charge is 0.262 e. The molecule has 0 spiro atoms. The molecule has 8 heteroatoms. The Hall–Kier alpha value is -2.77. The lowest BCUT2D eigenvalue weighted by molar-refractivity contribution is -0.118. The molecule has 7 nitrogen and oxygen atoms in total. The molecular weight excluding hydrogens is 382 g/mol. The lowest BCUT2D eigenvalue weighted by atomic mass is 10.2. The summed E-state index contributed by atoms with van der Waals surface area (Å²) in [5.74, 6) is 0.702. The maximum Gasteiger partial charge on any atom is 0.262 e. The molecule has 0 saturated carbocycles. The van der Waals surface area contributed by atoms with Gasteiger partial charge in [-0.2, -0.15) is 0 Å². The topological polar surface area (TPSA) is 88.7 Å². The second-order valence-electron chi connectivity index (χ2n) is 6.21. The Kier molecular flexibility index (Phi) is 8.10. The van der Waals surface area contributed by atoms with Crippen molar-refractivity contribution in [3.05, 3.63) is 48.5 Å². The van der Waals surface area contributed by atoms with Crippen molar-refractivity contribution in [1.82, 2.24) is 5.32 Å². The number of ether oxygens (including phenoxy) is 2. The van der Waals surface area contributed by atoms with Gasteiger partial charge in [0.2, 0.25) is 5.91 Å². The maximum absolute atomic E-state index is 12.2. The molecule has 2 aromatic rings. The summed E-state index contributed by atoms with van der Waals surface area (Å²) in [5.41, 5.74) is 1.22. The lowest BCUT2D eigenvalue weighted by Gasteiger charge is -2.13. The molecule has 2 amide bonds. The quantitative estimate of drug-likeness (QED) is 0.659. The Bertz CT molecular complexity index is 810. The van der Waals surface area contributed by atoms with Crippen LogP contribution in [0, 0.1) is 0 Å². The summed E-state index contributed by atoms with van der Waals surface area (Å²) in [6, 6.07) is 14.0. The van der Waals surface area contributed by atoms with Crippen molar-refractivity contribution in [2.45, 2.75) is 18.9 Å². The molecule has 1 saturated heterocycles. The predicted molar refractivity (Wildman–Crippen MR) is 110 cm³/mol. The van der Waals surface area contributed by atoms with Gasteiger partial charge in [-0.15, -0.1) is 12.4 Å². The second kappa shape index (κ2) is 10.5. The van der Waals surface area contributed by atoms with Crippen LogP contribution in [0.15, 0.2) is 48.5 Å². The van der Waals surface area contributed by atoms with Crippen molar-refractivity contribution in [3.8, 4) is 11.5 Å². The van der Waals surface area contributed by atoms with Gasteiger partial charge in [0.25, 0.3) is 5.91 Å². The van der Waals surface area contributed by atoms with Gasteiger partial charge >= 0.3 is 0 Å². The van der Waals surface area contributed by atoms with E-state index in [1.165, 1.54) is 0 Å². The molecule has 3 rings (SSSR count). The summed E-state index contributed by atoms with van der Waals surface area (Å²) in [5, 5.41) is 8.79. The fourth-order valence-electron chi connectivity index (χ4n) is 2.89. The highest BCUT2D eigenvalue weighted by atomic mass is 35.5. The zero-order valence-electron chi connectivity index (χ0n) is 15.6. The minimum absolute atomic E-state index is 0. The standard InChI is InChI=1S/C20H23N3O4.ClH/c1-26-17-9-2-3-10-18(17)27-13-19(24)22-14-6-4-7-15(12-14)23-20(25)16-8-5-11-21-16;/h2-4,6-7,9-10,12,16,21H,5,8,11,13H2,1H3,(H,22,24)(H,23,25);1H. The van der Waals surface area contributed by atoms with Crippen molar-refractivity contribution >= 4 is 35.6 Å². The van der Waals surface area contributed by atoms with Crippen molar-refractivity contribution in [1.29, 1.82) is 0 Å². The summed E-state index contributed by atoms with van der Waals surface area (Å²) in [4.78, 5) is 24.3. The van der Waals surface area contributed by atoms with E-state index >= 15 is 0 Å². The maximum atomic E-state index is 12.2. The van der Waals surface area contributed by atoms with Crippen LogP contribution in [0.4, 0.5) is 11.4 Å². The highest BCUT2D eigenvalue weighted by molar-refractivity contribution is 5.96. The number of para-hydroxylation sites is 2. The average molecular weight is 406 g/mol. The van der Waals surface area contributed by atoms with E-state index in [9.17, 15) is 9.59 Å². The van der Waals surface area contributed by atoms with E-state index < -0.39 is 0 Å². The van der Waals surface area contributed by atoms with Gasteiger partial charge < -0.3 is 25.4 Å². The van der Waals surface area contributed by atoms with E-state index in [1.54, 1.807) is 49.6 Å². The zero-order valence-corrected chi connectivity index (χ0v) is 16.4. The first-order chi connectivity index (χ1) is 13.2. The van der Waals surface area contributed by atoms with E-state index in [1.807, 2.05) is 6.07 Å². The SMILES string of the molecule is COc1ccccc1OCC(=O)Nc1cccc(NC(=O)C2CCCN2)c1.Cl. The summed E-state index contributed by atoms with van der Waals surface area (Å²) in [6.45, 7) is 0.712. The first kappa shape index (κ1) is 21.5. The number of halogens is 1. The minimum Gasteiger partial charge on any atom is -0.493 e. The summed E-state index contributed by atoms with van der Waals surface area (Å²) in [6.07, 6.45) is 1.84. The van der Waals surface area contributed by atoms with Gasteiger partial charge in [0.15, 0.2) is 18.1 Å². The van der Waals surface area contributed by atoms with Crippen LogP contribution in [-0.4, -0.2) is 38.1 Å². The summed E-state index contributed by atoms with van der Waals surface area (Å²) in [7, 11) is 1.54. The van der Waals surface area contributed by atoms with Crippen molar-refractivity contribution in [3.63, 3.8) is 0 Å². The van der Waals surface area contributed by atoms with E-state index in [0.717, 1.165) is 19.4 Å². The molecule has 1 fully saturated rings. The number of nitrogens with one attached hydrogen (secondary N) is 3. The van der Waals surface area contributed by atoms with Crippen LogP contribution in [0.5, 0.6) is 11.5 Å². The molecule has 0 aromatic heterocycles. The first-order valence-corrected chi connectivity index (χ1v) is 8.85. The third-order valence-corrected chi connectivity index (χ3v) is 4.22. The molecule has 1 heterocycles. The molecule has 2 aromatic carbocycles. The number of hydrogen-bond donors (Lipinski definition) is 3. The zero-order chi connectivity index (χ0) is 19.1. The number of rotatable bonds is 7. The summed E-state index contributed by atoms with van der Waals surface area (Å²) < 4.78 is 10.7. The molecule has 28 heavy (non-hydrogen) atoms. The number of carbonyl (C=O) groups excluding carboxylic acids is 2. The van der Waals surface area contributed by atoms with Gasteiger partial charge in [-0.25, -0.2) is 0 Å². The summed E-state index contributed by atoms with van der Waals surface area (Å²) >= 11 is 0. The van der Waals surface area contributed by atoms with Crippen LogP contribution in [0.25, 0.3) is 0 Å². The van der Waals surface area contributed by atoms with Crippen molar-refractivity contribution in [2.24, 2.45) is 0 Å². The lowest BCUT2D eigenvalue weighted by Crippen LogP contribution is -2.35. The monoisotopic (exact) mass is 405 g/mol. The van der Waals surface area contributed by atoms with E-state index in [-0.39, 0.29) is 36.9 Å². The molecular formula is C20H24ClN3O4. The third kappa shape index (κ3) is 5.87. The number of hydrogen-bond acceptors (Lipinski definition) is 5. The second-order valence-corrected chi connectivity index (χ2v) is 6.21. The molecule has 150 valence electrons. The molecule has 1 aliphatic heterocycles. The number of methoxy groups -OCH3 is 1. The highest BCUT2D eigenvalue weighted by Crippen LogP contribution is 2.25. The first-order valence-electron chi connectivity index (χ1n) is 8.85. The highest BCUT2D eigenvalue weighted by Gasteiger charge is 2.21. The Morgan fingerprint density at radius 1 is 1.07 bits per heavy atom. The van der Waals surface area contributed by atoms with Crippen LogP contribution in [0.2, 0.25) is 0 Å². The number of anilines is 2. The van der Waals surface area contributed by atoms with Gasteiger partial charge in [-0.3, -0.25) is 9.59 Å². The molecule has 0 aliphatic carbocycles. The van der Waals surface area contributed by atoms with E-state index in [4.69, 9.17) is 9.47 Å². The number of carbonyl (C=O) groups is 2. The molecule has 0 bridgehead atoms. The Balaban J connectivity index is 0.00000280. The fraction of sp³-hybridized carbons (Fsp3) is 0.300. The van der Waals surface area contributed by atoms with Crippen molar-refractivity contribution < 1.29 is 19.1 Å². The van der Waals surface area contributed by atoms with Crippen LogP contribution < -0.4 is 25.4 Å². The normalized spacial score (nSPS) is 15.2. The van der Waals surface area contributed by atoms with Gasteiger partial charge in [0.05, 0.1) is 13.2 Å². The van der Waals surface area contributed by atoms with Gasteiger partial charge in [0.1, 0.15) is 0 Å². The van der Waals surface area contributed by atoms with E-state index in [0.29, 0.717) is 22.9 Å². The number of benzene rings is 2. The van der Waals surface area contributed by atoms with Crippen LogP contribution in [-0.2, 0) is 9.59 Å². The molecule has 3 N–H and O–H groups in total. The third-order valence-electron chi connectivity index (χ3n) is 4.22. The Labute approximate surface area is 170 Å². The molecule has 1 aliphatic rings. The van der Waals surface area contributed by atoms with Crippen LogP contribution >= 0.6 is 12.4 Å². The van der Waals surface area contributed by atoms with Crippen LogP contribution in [0.3, 0.4) is 0 Å². The largest absolute Gasteiger partial charge is 0.493 e. The predicted octanol–water partition coefficient (Wildman–Crippen LogP) is 2.83. The minimum atomic E-state index is -0.304. The van der Waals surface area contributed by atoms with Gasteiger partial charge in [0, 0.05) is 11.4 Å². The van der Waals surface area contributed by atoms with Crippen LogP contribution in [0.1, 0.15) is 12.8 Å². The fourth-order valence-corrected chi connectivity index (χ4v) is 2.89. The van der Waals surface area contributed by atoms with Gasteiger partial charge in [-0.05, 0) is 49.7 Å². The average Bonchev–Trinajstić information content (AvgIpc) is 3.22. The van der Waals surface area contributed by atoms with Crippen molar-refractivity contribution in [2.75, 3.05) is 30.9 Å². The van der Waals surface area contributed by atoms with Gasteiger partial charge in [-0.1, -0.05) is 18.2 Å². The molecule has 1 atom stereocenters. The Morgan fingerprint density at radius 3 is 2.46 bits per heavy atom. The van der Waals surface area contributed by atoms with E-state index in [2.05, 4.69) is 16.0 Å². The molecule has 0 radical (unpaired) electrons. The Morgan fingerprint density at radius 2 is 1.79 bits per heavy atom.